The summed E-state index contributed by atoms with van der Waals surface area (Å²) in [5.41, 5.74) is 7.02. The zero-order valence-electron chi connectivity index (χ0n) is 13.8. The van der Waals surface area contributed by atoms with E-state index in [1.807, 2.05) is 0 Å². The van der Waals surface area contributed by atoms with Crippen molar-refractivity contribution in [1.29, 1.82) is 0 Å². The molecule has 2 heterocycles. The predicted molar refractivity (Wildman–Crippen MR) is 92.5 cm³/mol. The summed E-state index contributed by atoms with van der Waals surface area (Å²) in [6.45, 7) is 0.193. The van der Waals surface area contributed by atoms with Crippen LogP contribution in [0, 0.1) is 0 Å². The van der Waals surface area contributed by atoms with E-state index in [4.69, 9.17) is 15.2 Å². The van der Waals surface area contributed by atoms with Crippen LogP contribution in [0.4, 0.5) is 5.95 Å². The van der Waals surface area contributed by atoms with E-state index in [2.05, 4.69) is 20.3 Å². The molecular formula is C17H17N5O3. The van der Waals surface area contributed by atoms with Crippen LogP contribution in [0.25, 0.3) is 10.9 Å². The zero-order valence-corrected chi connectivity index (χ0v) is 13.8. The Hall–Kier alpha value is -3.42. The molecule has 0 aliphatic rings. The molecule has 0 unspecified atom stereocenters. The topological polar surface area (TPSA) is 112 Å². The Morgan fingerprint density at radius 3 is 2.64 bits per heavy atom. The molecule has 0 aliphatic heterocycles. The number of rotatable bonds is 5. The molecule has 0 radical (unpaired) electrons. The number of nitrogens with zero attached hydrogens (tertiary/aromatic N) is 3. The summed E-state index contributed by atoms with van der Waals surface area (Å²) in [5, 5.41) is 3.33. The second-order valence-corrected chi connectivity index (χ2v) is 5.12. The first kappa shape index (κ1) is 16.4. The highest BCUT2D eigenvalue weighted by Gasteiger charge is 2.17. The van der Waals surface area contributed by atoms with Gasteiger partial charge in [0.15, 0.2) is 0 Å². The lowest BCUT2D eigenvalue weighted by Gasteiger charge is -2.11. The van der Waals surface area contributed by atoms with Gasteiger partial charge in [0.25, 0.3) is 5.91 Å². The lowest BCUT2D eigenvalue weighted by Crippen LogP contribution is -2.25. The Balaban J connectivity index is 1.92. The summed E-state index contributed by atoms with van der Waals surface area (Å²) in [6, 6.07) is 8.79. The Bertz CT molecular complexity index is 929. The average molecular weight is 339 g/mol. The van der Waals surface area contributed by atoms with E-state index in [1.54, 1.807) is 43.6 Å². The first-order valence-electron chi connectivity index (χ1n) is 7.50. The van der Waals surface area contributed by atoms with Gasteiger partial charge in [-0.05, 0) is 18.2 Å². The normalized spacial score (nSPS) is 10.5. The fraction of sp³-hybridized carbons (Fsp3) is 0.176. The van der Waals surface area contributed by atoms with E-state index in [0.717, 1.165) is 0 Å². The minimum absolute atomic E-state index is 0.00225. The van der Waals surface area contributed by atoms with Crippen LogP contribution in [0.2, 0.25) is 0 Å². The van der Waals surface area contributed by atoms with Crippen molar-refractivity contribution < 1.29 is 14.3 Å². The third kappa shape index (κ3) is 3.27. The van der Waals surface area contributed by atoms with E-state index in [-0.39, 0.29) is 24.1 Å². The monoisotopic (exact) mass is 339 g/mol. The average Bonchev–Trinajstić information content (AvgIpc) is 2.65. The smallest absolute Gasteiger partial charge is 0.271 e. The quantitative estimate of drug-likeness (QED) is 0.725. The summed E-state index contributed by atoms with van der Waals surface area (Å²) in [4.78, 5) is 25.1. The number of carbonyl (C=O) groups is 1. The largest absolute Gasteiger partial charge is 0.495 e. The number of carbonyl (C=O) groups excluding carboxylic acids is 1. The summed E-state index contributed by atoms with van der Waals surface area (Å²) >= 11 is 0. The van der Waals surface area contributed by atoms with Crippen LogP contribution in [0.5, 0.6) is 11.5 Å². The third-order valence-electron chi connectivity index (χ3n) is 3.63. The summed E-state index contributed by atoms with van der Waals surface area (Å²) in [5.74, 6) is 0.723. The van der Waals surface area contributed by atoms with Crippen molar-refractivity contribution in [2.75, 3.05) is 20.0 Å². The molecule has 0 saturated heterocycles. The maximum Gasteiger partial charge on any atom is 0.271 e. The van der Waals surface area contributed by atoms with E-state index in [1.165, 1.54) is 7.11 Å². The molecular weight excluding hydrogens is 322 g/mol. The number of pyridine rings is 1. The highest BCUT2D eigenvalue weighted by atomic mass is 16.5. The number of methoxy groups -OCH3 is 2. The number of ether oxygens (including phenoxy) is 2. The molecule has 8 heteroatoms. The number of nitrogen functional groups attached to an aromatic ring is 1. The van der Waals surface area contributed by atoms with Gasteiger partial charge in [-0.25, -0.2) is 9.97 Å². The standard InChI is InChI=1S/C17H17N5O3/c1-24-12-7-4-8-19-11(12)9-20-16(23)15-10-5-3-6-13(25-2)14(10)21-17(18)22-15/h3-8H,9H2,1-2H3,(H,20,23)(H2,18,21,22). The van der Waals surface area contributed by atoms with Gasteiger partial charge >= 0.3 is 0 Å². The van der Waals surface area contributed by atoms with Gasteiger partial charge in [0.1, 0.15) is 28.4 Å². The second kappa shape index (κ2) is 7.00. The van der Waals surface area contributed by atoms with E-state index >= 15 is 0 Å². The van der Waals surface area contributed by atoms with Crippen LogP contribution in [-0.2, 0) is 6.54 Å². The number of fused-ring (bicyclic) bond motifs is 1. The number of benzene rings is 1. The van der Waals surface area contributed by atoms with Gasteiger partial charge in [0, 0.05) is 11.6 Å². The molecule has 2 aromatic heterocycles. The van der Waals surface area contributed by atoms with Crippen molar-refractivity contribution in [3.05, 3.63) is 47.9 Å². The first-order chi connectivity index (χ1) is 12.1. The molecule has 0 fully saturated rings. The Labute approximate surface area is 144 Å². The molecule has 0 spiro atoms. The van der Waals surface area contributed by atoms with Crippen molar-refractivity contribution in [3.8, 4) is 11.5 Å². The van der Waals surface area contributed by atoms with Crippen LogP contribution in [0.15, 0.2) is 36.5 Å². The molecule has 0 saturated carbocycles. The van der Waals surface area contributed by atoms with Gasteiger partial charge in [-0.1, -0.05) is 12.1 Å². The molecule has 3 rings (SSSR count). The maximum atomic E-state index is 12.6. The molecule has 1 aromatic carbocycles. The molecule has 128 valence electrons. The van der Waals surface area contributed by atoms with Gasteiger partial charge in [0.2, 0.25) is 5.95 Å². The fourth-order valence-corrected chi connectivity index (χ4v) is 2.47. The number of anilines is 1. The number of hydrogen-bond donors (Lipinski definition) is 2. The number of amides is 1. The minimum Gasteiger partial charge on any atom is -0.495 e. The number of nitrogens with one attached hydrogen (secondary N) is 1. The first-order valence-corrected chi connectivity index (χ1v) is 7.50. The van der Waals surface area contributed by atoms with Crippen molar-refractivity contribution in [1.82, 2.24) is 20.3 Å². The summed E-state index contributed by atoms with van der Waals surface area (Å²) in [7, 11) is 3.08. The molecule has 0 atom stereocenters. The van der Waals surface area contributed by atoms with Crippen molar-refractivity contribution >= 4 is 22.8 Å². The van der Waals surface area contributed by atoms with E-state index in [0.29, 0.717) is 28.1 Å². The lowest BCUT2D eigenvalue weighted by molar-refractivity contribution is 0.0947. The molecule has 25 heavy (non-hydrogen) atoms. The minimum atomic E-state index is -0.389. The molecule has 0 bridgehead atoms. The van der Waals surface area contributed by atoms with Crippen LogP contribution in [0.1, 0.15) is 16.2 Å². The number of aromatic nitrogens is 3. The third-order valence-corrected chi connectivity index (χ3v) is 3.63. The van der Waals surface area contributed by atoms with Gasteiger partial charge in [-0.15, -0.1) is 0 Å². The van der Waals surface area contributed by atoms with Crippen LogP contribution in [0.3, 0.4) is 0 Å². The van der Waals surface area contributed by atoms with Crippen LogP contribution < -0.4 is 20.5 Å². The SMILES string of the molecule is COc1cccnc1CNC(=O)c1nc(N)nc2c(OC)cccc12. The molecule has 0 aliphatic carbocycles. The van der Waals surface area contributed by atoms with Gasteiger partial charge < -0.3 is 20.5 Å². The highest BCUT2D eigenvalue weighted by molar-refractivity contribution is 6.05. The van der Waals surface area contributed by atoms with Gasteiger partial charge in [0.05, 0.1) is 20.8 Å². The second-order valence-electron chi connectivity index (χ2n) is 5.12. The maximum absolute atomic E-state index is 12.6. The zero-order chi connectivity index (χ0) is 17.8. The molecule has 8 nitrogen and oxygen atoms in total. The van der Waals surface area contributed by atoms with Gasteiger partial charge in [-0.2, -0.15) is 0 Å². The highest BCUT2D eigenvalue weighted by Crippen LogP contribution is 2.26. The van der Waals surface area contributed by atoms with E-state index < -0.39 is 0 Å². The van der Waals surface area contributed by atoms with Crippen LogP contribution >= 0.6 is 0 Å². The van der Waals surface area contributed by atoms with Crippen molar-refractivity contribution in [3.63, 3.8) is 0 Å². The summed E-state index contributed by atoms with van der Waals surface area (Å²) < 4.78 is 10.5. The fourth-order valence-electron chi connectivity index (χ4n) is 2.47. The Morgan fingerprint density at radius 2 is 1.88 bits per heavy atom. The molecule has 3 N–H and O–H groups in total. The van der Waals surface area contributed by atoms with Crippen molar-refractivity contribution in [2.45, 2.75) is 6.54 Å². The number of nitrogens with two attached hydrogens (primary N) is 1. The number of hydrogen-bond acceptors (Lipinski definition) is 7. The van der Waals surface area contributed by atoms with Gasteiger partial charge in [-0.3, -0.25) is 9.78 Å². The Kier molecular flexibility index (Phi) is 4.60. The summed E-state index contributed by atoms with van der Waals surface area (Å²) in [6.07, 6.45) is 1.63. The lowest BCUT2D eigenvalue weighted by atomic mass is 10.1. The van der Waals surface area contributed by atoms with E-state index in [9.17, 15) is 4.79 Å². The van der Waals surface area contributed by atoms with Crippen molar-refractivity contribution in [2.24, 2.45) is 0 Å². The number of para-hydroxylation sites is 1. The molecule has 1 amide bonds. The molecule has 3 aromatic rings. The van der Waals surface area contributed by atoms with Crippen LogP contribution in [-0.4, -0.2) is 35.1 Å². The predicted octanol–water partition coefficient (Wildman–Crippen LogP) is 1.55. The Morgan fingerprint density at radius 1 is 1.12 bits per heavy atom.